The summed E-state index contributed by atoms with van der Waals surface area (Å²) in [6, 6.07) is 16.9. The highest BCUT2D eigenvalue weighted by Gasteiger charge is 2.29. The summed E-state index contributed by atoms with van der Waals surface area (Å²) >= 11 is 2.02. The van der Waals surface area contributed by atoms with Gasteiger partial charge in [-0.05, 0) is 65.1 Å². The van der Waals surface area contributed by atoms with E-state index in [4.69, 9.17) is 0 Å². The lowest BCUT2D eigenvalue weighted by atomic mass is 10.0. The van der Waals surface area contributed by atoms with E-state index >= 15 is 0 Å². The van der Waals surface area contributed by atoms with E-state index in [9.17, 15) is 29.6 Å². The fourth-order valence-corrected chi connectivity index (χ4v) is 3.32. The van der Waals surface area contributed by atoms with Gasteiger partial charge in [0.05, 0.1) is 21.7 Å². The lowest BCUT2D eigenvalue weighted by Crippen LogP contribution is -2.38. The largest absolute Gasteiger partial charge is 0.478 e. The topological polar surface area (TPSA) is 118 Å². The number of anilines is 1. The molecular weight excluding hydrogens is 503 g/mol. The number of non-ortho nitro benzene ring substituents is 1. The van der Waals surface area contributed by atoms with Crippen LogP contribution in [0.5, 0.6) is 0 Å². The second-order valence-corrected chi connectivity index (χ2v) is 7.33. The van der Waals surface area contributed by atoms with E-state index in [1.165, 1.54) is 54.6 Å². The Balaban J connectivity index is 2.14. The molecule has 0 saturated carbocycles. The minimum Gasteiger partial charge on any atom is -0.478 e. The van der Waals surface area contributed by atoms with Crippen molar-refractivity contribution in [2.24, 2.45) is 0 Å². The molecule has 0 spiro atoms. The number of hydrogen-bond donors (Lipinski definition) is 1. The number of carboxylic acid groups (broad SMARTS) is 1. The van der Waals surface area contributed by atoms with Crippen molar-refractivity contribution in [1.29, 1.82) is 0 Å². The lowest BCUT2D eigenvalue weighted by molar-refractivity contribution is -0.384. The van der Waals surface area contributed by atoms with Crippen LogP contribution in [0.4, 0.5) is 11.4 Å². The number of nitrogens with zero attached hydrogens (tertiary/aromatic N) is 2. The summed E-state index contributed by atoms with van der Waals surface area (Å²) in [5, 5.41) is 20.4. The monoisotopic (exact) mass is 516 g/mol. The Kier molecular flexibility index (Phi) is 6.21. The van der Waals surface area contributed by atoms with E-state index in [0.717, 1.165) is 8.47 Å². The molecule has 0 saturated heterocycles. The molecule has 9 heteroatoms. The SMILES string of the molecule is O=C(O)c1ccccc1C(=O)N(C(=O)c1cccc(I)c1)c1ccc([N+](=O)[O-])cc1. The highest BCUT2D eigenvalue weighted by molar-refractivity contribution is 14.1. The summed E-state index contributed by atoms with van der Waals surface area (Å²) in [5.41, 5.74) is -0.359. The van der Waals surface area contributed by atoms with Crippen LogP contribution in [0, 0.1) is 13.7 Å². The second kappa shape index (κ2) is 8.82. The Morgan fingerprint density at radius 2 is 1.50 bits per heavy atom. The standard InChI is InChI=1S/C21H13IN2O6/c22-14-5-3-4-13(12-14)19(25)23(15-8-10-16(11-9-15)24(29)30)20(26)17-6-1-2-7-18(17)21(27)28/h1-12H,(H,27,28). The highest BCUT2D eigenvalue weighted by Crippen LogP contribution is 2.25. The van der Waals surface area contributed by atoms with Crippen LogP contribution in [0.25, 0.3) is 0 Å². The molecule has 0 bridgehead atoms. The molecule has 150 valence electrons. The van der Waals surface area contributed by atoms with Gasteiger partial charge in [-0.3, -0.25) is 19.7 Å². The van der Waals surface area contributed by atoms with Crippen molar-refractivity contribution in [2.75, 3.05) is 4.90 Å². The number of carboxylic acids is 1. The van der Waals surface area contributed by atoms with Gasteiger partial charge in [-0.2, -0.15) is 0 Å². The van der Waals surface area contributed by atoms with Crippen molar-refractivity contribution < 1.29 is 24.4 Å². The van der Waals surface area contributed by atoms with E-state index in [2.05, 4.69) is 0 Å². The summed E-state index contributed by atoms with van der Waals surface area (Å²) in [7, 11) is 0. The van der Waals surface area contributed by atoms with Crippen LogP contribution in [-0.2, 0) is 0 Å². The number of hydrogen-bond acceptors (Lipinski definition) is 5. The Bertz CT molecular complexity index is 1160. The van der Waals surface area contributed by atoms with Crippen LogP contribution >= 0.6 is 22.6 Å². The molecule has 30 heavy (non-hydrogen) atoms. The molecule has 3 rings (SSSR count). The van der Waals surface area contributed by atoms with Crippen LogP contribution in [0.1, 0.15) is 31.1 Å². The fraction of sp³-hybridized carbons (Fsp3) is 0. The maximum absolute atomic E-state index is 13.3. The molecule has 8 nitrogen and oxygen atoms in total. The Labute approximate surface area is 184 Å². The molecule has 0 atom stereocenters. The first kappa shape index (κ1) is 21.1. The number of carbonyl (C=O) groups is 3. The van der Waals surface area contributed by atoms with Crippen LogP contribution in [-0.4, -0.2) is 27.8 Å². The van der Waals surface area contributed by atoms with Crippen molar-refractivity contribution in [3.63, 3.8) is 0 Å². The average Bonchev–Trinajstić information content (AvgIpc) is 2.74. The minimum absolute atomic E-state index is 0.0784. The zero-order valence-corrected chi connectivity index (χ0v) is 17.3. The molecule has 0 aliphatic rings. The third-order valence-corrected chi connectivity index (χ3v) is 4.86. The number of nitro benzene ring substituents is 1. The summed E-state index contributed by atoms with van der Waals surface area (Å²) < 4.78 is 0.764. The number of halogens is 1. The van der Waals surface area contributed by atoms with Crippen LogP contribution in [0.3, 0.4) is 0 Å². The molecule has 0 radical (unpaired) electrons. The van der Waals surface area contributed by atoms with Crippen LogP contribution < -0.4 is 4.90 Å². The highest BCUT2D eigenvalue weighted by atomic mass is 127. The molecule has 3 aromatic rings. The predicted octanol–water partition coefficient (Wildman–Crippen LogP) is 4.38. The number of carbonyl (C=O) groups excluding carboxylic acids is 2. The quantitative estimate of drug-likeness (QED) is 0.233. The number of rotatable bonds is 5. The predicted molar refractivity (Wildman–Crippen MR) is 117 cm³/mol. The smallest absolute Gasteiger partial charge is 0.336 e. The first-order valence-electron chi connectivity index (χ1n) is 8.50. The van der Waals surface area contributed by atoms with Gasteiger partial charge in [-0.15, -0.1) is 0 Å². The number of benzene rings is 3. The zero-order chi connectivity index (χ0) is 21.8. The van der Waals surface area contributed by atoms with Gasteiger partial charge in [0.15, 0.2) is 0 Å². The zero-order valence-electron chi connectivity index (χ0n) is 15.2. The third-order valence-electron chi connectivity index (χ3n) is 4.18. The van der Waals surface area contributed by atoms with Gasteiger partial charge in [-0.25, -0.2) is 9.69 Å². The van der Waals surface area contributed by atoms with Gasteiger partial charge >= 0.3 is 5.97 Å². The van der Waals surface area contributed by atoms with Crippen LogP contribution in [0.15, 0.2) is 72.8 Å². The van der Waals surface area contributed by atoms with Crippen molar-refractivity contribution in [3.05, 3.63) is 103 Å². The van der Waals surface area contributed by atoms with E-state index in [-0.39, 0.29) is 28.1 Å². The first-order chi connectivity index (χ1) is 14.3. The molecular formula is C21H13IN2O6. The summed E-state index contributed by atoms with van der Waals surface area (Å²) in [5.74, 6) is -2.86. The van der Waals surface area contributed by atoms with Gasteiger partial charge in [0, 0.05) is 21.3 Å². The van der Waals surface area contributed by atoms with E-state index < -0.39 is 22.7 Å². The molecule has 0 aromatic heterocycles. The average molecular weight is 516 g/mol. The number of imide groups is 1. The molecule has 0 aliphatic heterocycles. The van der Waals surface area contributed by atoms with Gasteiger partial charge in [0.2, 0.25) is 0 Å². The van der Waals surface area contributed by atoms with Gasteiger partial charge in [0.25, 0.3) is 17.5 Å². The Morgan fingerprint density at radius 1 is 0.867 bits per heavy atom. The Morgan fingerprint density at radius 3 is 2.07 bits per heavy atom. The molecule has 2 amide bonds. The molecule has 1 N–H and O–H groups in total. The van der Waals surface area contributed by atoms with Crippen molar-refractivity contribution in [1.82, 2.24) is 0 Å². The van der Waals surface area contributed by atoms with Gasteiger partial charge < -0.3 is 5.11 Å². The molecule has 0 heterocycles. The molecule has 3 aromatic carbocycles. The van der Waals surface area contributed by atoms with Crippen molar-refractivity contribution in [2.45, 2.75) is 0 Å². The number of aromatic carboxylic acids is 1. The minimum atomic E-state index is -1.32. The number of nitro groups is 1. The third kappa shape index (κ3) is 4.35. The maximum Gasteiger partial charge on any atom is 0.336 e. The van der Waals surface area contributed by atoms with Crippen molar-refractivity contribution in [3.8, 4) is 0 Å². The molecule has 0 aliphatic carbocycles. The second-order valence-electron chi connectivity index (χ2n) is 6.08. The van der Waals surface area contributed by atoms with E-state index in [0.29, 0.717) is 0 Å². The lowest BCUT2D eigenvalue weighted by Gasteiger charge is -2.22. The maximum atomic E-state index is 13.3. The normalized spacial score (nSPS) is 10.3. The molecule has 0 unspecified atom stereocenters. The summed E-state index contributed by atoms with van der Waals surface area (Å²) in [4.78, 5) is 49.2. The summed E-state index contributed by atoms with van der Waals surface area (Å²) in [6.45, 7) is 0. The van der Waals surface area contributed by atoms with Crippen LogP contribution in [0.2, 0.25) is 0 Å². The fourth-order valence-electron chi connectivity index (χ4n) is 2.78. The van der Waals surface area contributed by atoms with Crippen molar-refractivity contribution >= 4 is 51.7 Å². The van der Waals surface area contributed by atoms with E-state index in [1.807, 2.05) is 22.6 Å². The molecule has 0 fully saturated rings. The van der Waals surface area contributed by atoms with E-state index in [1.54, 1.807) is 18.2 Å². The Hall–Kier alpha value is -3.60. The van der Waals surface area contributed by atoms with Gasteiger partial charge in [0.1, 0.15) is 0 Å². The number of amides is 2. The summed E-state index contributed by atoms with van der Waals surface area (Å²) in [6.07, 6.45) is 0. The van der Waals surface area contributed by atoms with Gasteiger partial charge in [-0.1, -0.05) is 18.2 Å². The first-order valence-corrected chi connectivity index (χ1v) is 9.58.